The first-order chi connectivity index (χ1) is 6.31. The molecule has 13 heavy (non-hydrogen) atoms. The van der Waals surface area contributed by atoms with E-state index in [1.165, 1.54) is 0 Å². The maximum Gasteiger partial charge on any atom is 0.161 e. The van der Waals surface area contributed by atoms with Gasteiger partial charge in [-0.15, -0.1) is 0 Å². The predicted molar refractivity (Wildman–Crippen MR) is 47.1 cm³/mol. The summed E-state index contributed by atoms with van der Waals surface area (Å²) in [7, 11) is 1.60. The van der Waals surface area contributed by atoms with Gasteiger partial charge in [0.05, 0.1) is 6.10 Å². The number of ketones is 1. The maximum absolute atomic E-state index is 11.4. The quantitative estimate of drug-likeness (QED) is 0.614. The molecule has 0 radical (unpaired) electrons. The van der Waals surface area contributed by atoms with Crippen LogP contribution in [0.25, 0.3) is 0 Å². The molecular formula is C10H14O3. The van der Waals surface area contributed by atoms with Crippen molar-refractivity contribution in [3.63, 3.8) is 0 Å². The molecule has 2 bridgehead atoms. The molecule has 0 heterocycles. The van der Waals surface area contributed by atoms with E-state index in [9.17, 15) is 4.79 Å². The lowest BCUT2D eigenvalue weighted by atomic mass is 9.94. The summed E-state index contributed by atoms with van der Waals surface area (Å²) < 4.78 is 10.3. The number of carbonyl (C=O) groups is 1. The lowest BCUT2D eigenvalue weighted by Gasteiger charge is -2.17. The molecule has 0 saturated heterocycles. The number of fused-ring (bicyclic) bond motifs is 2. The number of carbonyl (C=O) groups excluding carboxylic acids is 1. The van der Waals surface area contributed by atoms with E-state index in [4.69, 9.17) is 9.47 Å². The second-order valence-electron chi connectivity index (χ2n) is 3.71. The number of hydrogen-bond acceptors (Lipinski definition) is 3. The van der Waals surface area contributed by atoms with E-state index >= 15 is 0 Å². The van der Waals surface area contributed by atoms with Gasteiger partial charge in [0.2, 0.25) is 0 Å². The monoisotopic (exact) mass is 182 g/mol. The Balaban J connectivity index is 1.98. The second kappa shape index (κ2) is 3.60. The van der Waals surface area contributed by atoms with Crippen LogP contribution in [0.15, 0.2) is 12.2 Å². The van der Waals surface area contributed by atoms with Crippen LogP contribution in [-0.2, 0) is 14.3 Å². The third kappa shape index (κ3) is 1.67. The molecule has 1 saturated carbocycles. The van der Waals surface area contributed by atoms with Crippen LogP contribution in [0.2, 0.25) is 0 Å². The molecule has 2 aliphatic rings. The number of ether oxygens (including phenoxy) is 2. The summed E-state index contributed by atoms with van der Waals surface area (Å²) in [6.07, 6.45) is 5.72. The highest BCUT2D eigenvalue weighted by Crippen LogP contribution is 2.38. The van der Waals surface area contributed by atoms with Crippen LogP contribution in [0.1, 0.15) is 12.8 Å². The fourth-order valence-corrected chi connectivity index (χ4v) is 2.19. The van der Waals surface area contributed by atoms with Crippen LogP contribution in [-0.4, -0.2) is 25.8 Å². The normalized spacial score (nSPS) is 37.0. The zero-order chi connectivity index (χ0) is 9.26. The van der Waals surface area contributed by atoms with E-state index in [-0.39, 0.29) is 17.8 Å². The third-order valence-electron chi connectivity index (χ3n) is 2.84. The number of rotatable bonds is 3. The Kier molecular flexibility index (Phi) is 2.47. The molecule has 0 aliphatic heterocycles. The van der Waals surface area contributed by atoms with Gasteiger partial charge in [-0.25, -0.2) is 0 Å². The van der Waals surface area contributed by atoms with Crippen LogP contribution in [0, 0.1) is 11.8 Å². The van der Waals surface area contributed by atoms with E-state index < -0.39 is 0 Å². The van der Waals surface area contributed by atoms with Gasteiger partial charge in [0.25, 0.3) is 0 Å². The Morgan fingerprint density at radius 2 is 2.38 bits per heavy atom. The predicted octanol–water partition coefficient (Wildman–Crippen LogP) is 1.14. The van der Waals surface area contributed by atoms with Crippen molar-refractivity contribution in [2.45, 2.75) is 18.9 Å². The summed E-state index contributed by atoms with van der Waals surface area (Å²) in [5.41, 5.74) is 0. The van der Waals surface area contributed by atoms with Crippen LogP contribution in [0.3, 0.4) is 0 Å². The van der Waals surface area contributed by atoms with E-state index in [1.54, 1.807) is 13.2 Å². The Hall–Kier alpha value is -0.670. The van der Waals surface area contributed by atoms with E-state index in [2.05, 4.69) is 0 Å². The Morgan fingerprint density at radius 1 is 1.54 bits per heavy atom. The van der Waals surface area contributed by atoms with Gasteiger partial charge in [0.1, 0.15) is 6.79 Å². The van der Waals surface area contributed by atoms with Crippen molar-refractivity contribution >= 4 is 5.78 Å². The molecule has 3 atom stereocenters. The van der Waals surface area contributed by atoms with Crippen LogP contribution < -0.4 is 0 Å². The molecule has 0 unspecified atom stereocenters. The molecule has 2 aliphatic carbocycles. The maximum atomic E-state index is 11.4. The summed E-state index contributed by atoms with van der Waals surface area (Å²) in [5, 5.41) is 0. The average Bonchev–Trinajstić information content (AvgIpc) is 2.48. The van der Waals surface area contributed by atoms with Crippen molar-refractivity contribution in [2.75, 3.05) is 13.9 Å². The summed E-state index contributed by atoms with van der Waals surface area (Å²) >= 11 is 0. The van der Waals surface area contributed by atoms with Crippen LogP contribution in [0.4, 0.5) is 0 Å². The number of allylic oxidation sites excluding steroid dienone is 2. The minimum atomic E-state index is 0.0763. The summed E-state index contributed by atoms with van der Waals surface area (Å²) in [4.78, 5) is 11.4. The van der Waals surface area contributed by atoms with Gasteiger partial charge in [-0.05, 0) is 24.8 Å². The first-order valence-electron chi connectivity index (χ1n) is 4.64. The summed E-state index contributed by atoms with van der Waals surface area (Å²) in [6, 6.07) is 0. The minimum Gasteiger partial charge on any atom is -0.359 e. The molecule has 72 valence electrons. The van der Waals surface area contributed by atoms with Crippen LogP contribution >= 0.6 is 0 Å². The highest BCUT2D eigenvalue weighted by atomic mass is 16.7. The van der Waals surface area contributed by atoms with Crippen molar-refractivity contribution in [1.29, 1.82) is 0 Å². The molecular weight excluding hydrogens is 168 g/mol. The molecule has 0 aromatic carbocycles. The average molecular weight is 182 g/mol. The molecule has 0 aromatic rings. The van der Waals surface area contributed by atoms with Gasteiger partial charge < -0.3 is 9.47 Å². The third-order valence-corrected chi connectivity index (χ3v) is 2.84. The number of methoxy groups -OCH3 is 1. The molecule has 2 rings (SSSR count). The fourth-order valence-electron chi connectivity index (χ4n) is 2.19. The largest absolute Gasteiger partial charge is 0.359 e. The van der Waals surface area contributed by atoms with Gasteiger partial charge in [-0.3, -0.25) is 4.79 Å². The molecule has 0 amide bonds. The second-order valence-corrected chi connectivity index (χ2v) is 3.71. The van der Waals surface area contributed by atoms with Crippen molar-refractivity contribution in [1.82, 2.24) is 0 Å². The van der Waals surface area contributed by atoms with Gasteiger partial charge in [-0.1, -0.05) is 6.08 Å². The zero-order valence-corrected chi connectivity index (χ0v) is 7.73. The molecule has 3 heteroatoms. The first kappa shape index (κ1) is 8.91. The molecule has 0 aromatic heterocycles. The first-order valence-corrected chi connectivity index (χ1v) is 4.64. The molecule has 0 N–H and O–H groups in total. The lowest BCUT2D eigenvalue weighted by Crippen LogP contribution is -2.25. The van der Waals surface area contributed by atoms with E-state index in [1.807, 2.05) is 6.08 Å². The standard InChI is InChI=1S/C10H14O3/c1-12-6-13-10-5-7-2-3-9(11)8(10)4-7/h2-3,7-8,10H,4-6H2,1H3/t7-,8-,10-/m1/s1. The van der Waals surface area contributed by atoms with Gasteiger partial charge in [-0.2, -0.15) is 0 Å². The highest BCUT2D eigenvalue weighted by Gasteiger charge is 2.39. The Bertz CT molecular complexity index is 234. The smallest absolute Gasteiger partial charge is 0.161 e. The number of hydrogen-bond donors (Lipinski definition) is 0. The zero-order valence-electron chi connectivity index (χ0n) is 7.73. The molecule has 1 fully saturated rings. The Labute approximate surface area is 77.7 Å². The highest BCUT2D eigenvalue weighted by molar-refractivity contribution is 5.93. The van der Waals surface area contributed by atoms with Crippen LogP contribution in [0.5, 0.6) is 0 Å². The van der Waals surface area contributed by atoms with E-state index in [0.717, 1.165) is 12.8 Å². The van der Waals surface area contributed by atoms with Crippen molar-refractivity contribution in [3.05, 3.63) is 12.2 Å². The Morgan fingerprint density at radius 3 is 3.15 bits per heavy atom. The van der Waals surface area contributed by atoms with Crippen molar-refractivity contribution in [3.8, 4) is 0 Å². The van der Waals surface area contributed by atoms with Gasteiger partial charge in [0.15, 0.2) is 5.78 Å². The lowest BCUT2D eigenvalue weighted by molar-refractivity contribution is -0.127. The topological polar surface area (TPSA) is 35.5 Å². The van der Waals surface area contributed by atoms with Gasteiger partial charge >= 0.3 is 0 Å². The van der Waals surface area contributed by atoms with E-state index in [0.29, 0.717) is 12.7 Å². The fraction of sp³-hybridized carbons (Fsp3) is 0.700. The minimum absolute atomic E-state index is 0.0763. The van der Waals surface area contributed by atoms with Gasteiger partial charge in [0, 0.05) is 13.0 Å². The molecule has 0 spiro atoms. The summed E-state index contributed by atoms with van der Waals surface area (Å²) in [5.74, 6) is 0.851. The summed E-state index contributed by atoms with van der Waals surface area (Å²) in [6.45, 7) is 0.293. The SMILES string of the molecule is COCO[C@@H]1C[C@@H]2C=CC(=O)[C@H]1C2. The molecule has 3 nitrogen and oxygen atoms in total. The van der Waals surface area contributed by atoms with Crippen molar-refractivity contribution in [2.24, 2.45) is 11.8 Å². The van der Waals surface area contributed by atoms with Crippen molar-refractivity contribution < 1.29 is 14.3 Å².